The Morgan fingerprint density at radius 1 is 1.15 bits per heavy atom. The Labute approximate surface area is 156 Å². The summed E-state index contributed by atoms with van der Waals surface area (Å²) < 4.78 is 5.15. The SMILES string of the molecule is COCCN(CCN(C)C)C(=O)CC1c2ccccc2C=CN1C(C)=O. The van der Waals surface area contributed by atoms with Crippen LogP contribution in [-0.4, -0.2) is 74.0 Å². The van der Waals surface area contributed by atoms with E-state index in [2.05, 4.69) is 0 Å². The number of ether oxygens (including phenoxy) is 1. The first kappa shape index (κ1) is 20.1. The zero-order chi connectivity index (χ0) is 19.1. The van der Waals surface area contributed by atoms with Crippen molar-refractivity contribution in [2.24, 2.45) is 0 Å². The van der Waals surface area contributed by atoms with Crippen molar-refractivity contribution < 1.29 is 14.3 Å². The van der Waals surface area contributed by atoms with Crippen LogP contribution in [0.2, 0.25) is 0 Å². The van der Waals surface area contributed by atoms with Crippen molar-refractivity contribution in [3.05, 3.63) is 41.6 Å². The molecule has 0 aromatic heterocycles. The molecule has 1 aromatic carbocycles. The number of nitrogens with zero attached hydrogens (tertiary/aromatic N) is 3. The van der Waals surface area contributed by atoms with Crippen molar-refractivity contribution in [3.63, 3.8) is 0 Å². The number of methoxy groups -OCH3 is 1. The van der Waals surface area contributed by atoms with Gasteiger partial charge in [-0.2, -0.15) is 0 Å². The van der Waals surface area contributed by atoms with Crippen molar-refractivity contribution in [1.29, 1.82) is 0 Å². The largest absolute Gasteiger partial charge is 0.383 e. The predicted molar refractivity (Wildman–Crippen MR) is 102 cm³/mol. The fraction of sp³-hybridized carbons (Fsp3) is 0.500. The molecule has 0 bridgehead atoms. The lowest BCUT2D eigenvalue weighted by atomic mass is 9.93. The van der Waals surface area contributed by atoms with Crippen molar-refractivity contribution in [3.8, 4) is 0 Å². The average molecular weight is 359 g/mol. The second-order valence-electron chi connectivity index (χ2n) is 6.77. The van der Waals surface area contributed by atoms with Gasteiger partial charge in [-0.15, -0.1) is 0 Å². The molecule has 1 aliphatic heterocycles. The Bertz CT molecular complexity index is 657. The maximum absolute atomic E-state index is 13.0. The van der Waals surface area contributed by atoms with Crippen LogP contribution in [0.3, 0.4) is 0 Å². The third-order valence-corrected chi connectivity index (χ3v) is 4.57. The molecule has 0 radical (unpaired) electrons. The van der Waals surface area contributed by atoms with Gasteiger partial charge < -0.3 is 19.4 Å². The molecule has 1 aliphatic rings. The van der Waals surface area contributed by atoms with E-state index in [0.717, 1.165) is 17.7 Å². The lowest BCUT2D eigenvalue weighted by Gasteiger charge is -2.34. The van der Waals surface area contributed by atoms with Crippen LogP contribution < -0.4 is 0 Å². The molecule has 2 amide bonds. The van der Waals surface area contributed by atoms with Gasteiger partial charge >= 0.3 is 0 Å². The van der Waals surface area contributed by atoms with E-state index >= 15 is 0 Å². The number of rotatable bonds is 8. The molecule has 1 aromatic rings. The molecule has 0 N–H and O–H groups in total. The molecule has 26 heavy (non-hydrogen) atoms. The minimum absolute atomic E-state index is 0.0326. The number of benzene rings is 1. The number of carbonyl (C=O) groups excluding carboxylic acids is 2. The molecule has 0 saturated carbocycles. The average Bonchev–Trinajstić information content (AvgIpc) is 2.61. The zero-order valence-corrected chi connectivity index (χ0v) is 16.1. The Hall–Kier alpha value is -2.18. The van der Waals surface area contributed by atoms with E-state index in [1.165, 1.54) is 6.92 Å². The first-order valence-corrected chi connectivity index (χ1v) is 8.91. The highest BCUT2D eigenvalue weighted by atomic mass is 16.5. The monoisotopic (exact) mass is 359 g/mol. The first-order chi connectivity index (χ1) is 12.4. The van der Waals surface area contributed by atoms with E-state index in [1.807, 2.05) is 54.2 Å². The third-order valence-electron chi connectivity index (χ3n) is 4.57. The Morgan fingerprint density at radius 3 is 2.54 bits per heavy atom. The van der Waals surface area contributed by atoms with E-state index < -0.39 is 0 Å². The topological polar surface area (TPSA) is 53.1 Å². The summed E-state index contributed by atoms with van der Waals surface area (Å²) in [4.78, 5) is 30.6. The molecular formula is C20H29N3O3. The number of carbonyl (C=O) groups is 2. The molecule has 1 atom stereocenters. The molecule has 1 unspecified atom stereocenters. The summed E-state index contributed by atoms with van der Waals surface area (Å²) in [5, 5.41) is 0. The van der Waals surface area contributed by atoms with Gasteiger partial charge in [-0.1, -0.05) is 24.3 Å². The van der Waals surface area contributed by atoms with Crippen LogP contribution in [0.15, 0.2) is 30.5 Å². The number of amides is 2. The molecule has 0 fully saturated rings. The van der Waals surface area contributed by atoms with Gasteiger partial charge in [0.05, 0.1) is 19.1 Å². The molecule has 2 rings (SSSR count). The lowest BCUT2D eigenvalue weighted by molar-refractivity contribution is -0.135. The highest BCUT2D eigenvalue weighted by Crippen LogP contribution is 2.33. The minimum atomic E-state index is -0.273. The zero-order valence-electron chi connectivity index (χ0n) is 16.1. The van der Waals surface area contributed by atoms with Crippen LogP contribution in [-0.2, 0) is 14.3 Å². The third kappa shape index (κ3) is 5.16. The quantitative estimate of drug-likeness (QED) is 0.712. The molecule has 0 aliphatic carbocycles. The number of hydrogen-bond donors (Lipinski definition) is 0. The van der Waals surface area contributed by atoms with E-state index in [-0.39, 0.29) is 24.3 Å². The van der Waals surface area contributed by atoms with Gasteiger partial charge in [-0.05, 0) is 31.3 Å². The molecule has 0 spiro atoms. The van der Waals surface area contributed by atoms with Gasteiger partial charge in [0.2, 0.25) is 11.8 Å². The maximum Gasteiger partial charge on any atom is 0.225 e. The van der Waals surface area contributed by atoms with Crippen LogP contribution >= 0.6 is 0 Å². The summed E-state index contributed by atoms with van der Waals surface area (Å²) in [7, 11) is 5.60. The Morgan fingerprint density at radius 2 is 1.88 bits per heavy atom. The molecule has 1 heterocycles. The standard InChI is InChI=1S/C20H29N3O3/c1-16(24)23-10-9-17-7-5-6-8-18(17)19(23)15-20(25)22(13-14-26-4)12-11-21(2)3/h5-10,19H,11-15H2,1-4H3. The smallest absolute Gasteiger partial charge is 0.225 e. The Kier molecular flexibility index (Phi) is 7.36. The normalized spacial score (nSPS) is 15.9. The van der Waals surface area contributed by atoms with Crippen LogP contribution in [0.25, 0.3) is 6.08 Å². The number of fused-ring (bicyclic) bond motifs is 1. The number of hydrogen-bond acceptors (Lipinski definition) is 4. The first-order valence-electron chi connectivity index (χ1n) is 8.91. The number of likely N-dealkylation sites (N-methyl/N-ethyl adjacent to an activating group) is 1. The second-order valence-corrected chi connectivity index (χ2v) is 6.77. The van der Waals surface area contributed by atoms with Crippen molar-refractivity contribution in [2.45, 2.75) is 19.4 Å². The van der Waals surface area contributed by atoms with E-state index in [9.17, 15) is 9.59 Å². The van der Waals surface area contributed by atoms with Crippen molar-refractivity contribution in [2.75, 3.05) is 47.4 Å². The van der Waals surface area contributed by atoms with E-state index in [1.54, 1.807) is 18.2 Å². The van der Waals surface area contributed by atoms with Crippen LogP contribution in [0.1, 0.15) is 30.5 Å². The van der Waals surface area contributed by atoms with Gasteiger partial charge in [-0.3, -0.25) is 9.59 Å². The highest BCUT2D eigenvalue weighted by Gasteiger charge is 2.29. The predicted octanol–water partition coefficient (Wildman–Crippen LogP) is 1.99. The van der Waals surface area contributed by atoms with Gasteiger partial charge in [0.25, 0.3) is 0 Å². The van der Waals surface area contributed by atoms with E-state index in [0.29, 0.717) is 19.7 Å². The molecular weight excluding hydrogens is 330 g/mol. The van der Waals surface area contributed by atoms with Gasteiger partial charge in [-0.25, -0.2) is 0 Å². The van der Waals surface area contributed by atoms with E-state index in [4.69, 9.17) is 4.74 Å². The summed E-state index contributed by atoms with van der Waals surface area (Å²) in [5.41, 5.74) is 2.07. The maximum atomic E-state index is 13.0. The summed E-state index contributed by atoms with van der Waals surface area (Å²) in [6.07, 6.45) is 3.96. The fourth-order valence-corrected chi connectivity index (χ4v) is 3.09. The summed E-state index contributed by atoms with van der Waals surface area (Å²) >= 11 is 0. The van der Waals surface area contributed by atoms with Gasteiger partial charge in [0.15, 0.2) is 0 Å². The molecule has 6 heteroatoms. The molecule has 6 nitrogen and oxygen atoms in total. The summed E-state index contributed by atoms with van der Waals surface area (Å²) in [6, 6.07) is 7.64. The summed E-state index contributed by atoms with van der Waals surface area (Å²) in [6.45, 7) is 4.00. The minimum Gasteiger partial charge on any atom is -0.383 e. The van der Waals surface area contributed by atoms with Gasteiger partial charge in [0.1, 0.15) is 0 Å². The van der Waals surface area contributed by atoms with Crippen molar-refractivity contribution >= 4 is 17.9 Å². The van der Waals surface area contributed by atoms with Crippen molar-refractivity contribution in [1.82, 2.24) is 14.7 Å². The fourth-order valence-electron chi connectivity index (χ4n) is 3.09. The second kappa shape index (κ2) is 9.50. The van der Waals surface area contributed by atoms with Crippen LogP contribution in [0.4, 0.5) is 0 Å². The van der Waals surface area contributed by atoms with Crippen LogP contribution in [0.5, 0.6) is 0 Å². The molecule has 0 saturated heterocycles. The highest BCUT2D eigenvalue weighted by molar-refractivity contribution is 5.82. The lowest BCUT2D eigenvalue weighted by Crippen LogP contribution is -2.41. The van der Waals surface area contributed by atoms with Crippen LogP contribution in [0, 0.1) is 0 Å². The molecule has 142 valence electrons. The summed E-state index contributed by atoms with van der Waals surface area (Å²) in [5.74, 6) is -0.0319. The Balaban J connectivity index is 2.19. The van der Waals surface area contributed by atoms with Gasteiger partial charge in [0, 0.05) is 39.9 Å².